The molecule has 0 aliphatic carbocycles. The highest BCUT2D eigenvalue weighted by Crippen LogP contribution is 2.25. The Morgan fingerprint density at radius 3 is 2.32 bits per heavy atom. The third kappa shape index (κ3) is 4.49. The number of carbonyl (C=O) groups is 1. The molecule has 1 aromatic heterocycles. The van der Waals surface area contributed by atoms with Crippen molar-refractivity contribution in [3.8, 4) is 11.3 Å². The van der Waals surface area contributed by atoms with Crippen molar-refractivity contribution in [3.05, 3.63) is 77.3 Å². The number of carbonyl (C=O) groups excluding carboxylic acids is 1. The molecule has 0 radical (unpaired) electrons. The van der Waals surface area contributed by atoms with Gasteiger partial charge in [-0.25, -0.2) is 22.5 Å². The fourth-order valence-electron chi connectivity index (χ4n) is 2.87. The lowest BCUT2D eigenvalue weighted by molar-refractivity contribution is 0.102. The lowest BCUT2D eigenvalue weighted by atomic mass is 10.1. The minimum atomic E-state index is -0.820. The van der Waals surface area contributed by atoms with Crippen LogP contribution in [0.4, 0.5) is 17.6 Å². The number of ketones is 1. The fraction of sp³-hybridized carbons (Fsp3) is 0.200. The normalized spacial score (nSPS) is 12.3. The van der Waals surface area contributed by atoms with Gasteiger partial charge in [0.05, 0.1) is 16.6 Å². The van der Waals surface area contributed by atoms with E-state index >= 15 is 0 Å². The number of halogens is 5. The molecule has 146 valence electrons. The summed E-state index contributed by atoms with van der Waals surface area (Å²) in [5.41, 5.74) is 0.865. The number of Topliss-reactive ketones (excluding diaryl/α,β-unsaturated/α-hetero) is 1. The highest BCUT2D eigenvalue weighted by atomic mass is 79.9. The lowest BCUT2D eigenvalue weighted by Gasteiger charge is -1.99. The maximum Gasteiger partial charge on any atom is 0.176 e. The molecule has 28 heavy (non-hydrogen) atoms. The maximum atomic E-state index is 13.5. The van der Waals surface area contributed by atoms with Crippen molar-refractivity contribution in [1.29, 1.82) is 0 Å². The topological polar surface area (TPSA) is 34.9 Å². The third-order valence-corrected chi connectivity index (χ3v) is 4.73. The highest BCUT2D eigenvalue weighted by molar-refractivity contribution is 9.09. The Balaban J connectivity index is 0.000000169. The van der Waals surface area contributed by atoms with E-state index in [4.69, 9.17) is 0 Å². The van der Waals surface area contributed by atoms with Crippen molar-refractivity contribution in [1.82, 2.24) is 9.55 Å². The summed E-state index contributed by atoms with van der Waals surface area (Å²) in [7, 11) is 0. The molecule has 0 spiro atoms. The minimum absolute atomic E-state index is 0.0373. The van der Waals surface area contributed by atoms with Crippen molar-refractivity contribution in [2.24, 2.45) is 0 Å². The largest absolute Gasteiger partial charge is 0.334 e. The molecule has 4 rings (SSSR count). The van der Waals surface area contributed by atoms with Gasteiger partial charge in [0.2, 0.25) is 0 Å². The van der Waals surface area contributed by atoms with Gasteiger partial charge >= 0.3 is 0 Å². The van der Waals surface area contributed by atoms with Crippen LogP contribution in [0, 0.1) is 23.3 Å². The fourth-order valence-corrected chi connectivity index (χ4v) is 3.17. The van der Waals surface area contributed by atoms with Crippen LogP contribution in [0.3, 0.4) is 0 Å². The Morgan fingerprint density at radius 2 is 1.71 bits per heavy atom. The van der Waals surface area contributed by atoms with Crippen LogP contribution in [0.1, 0.15) is 22.6 Å². The molecule has 2 aromatic carbocycles. The molecule has 1 aliphatic rings. The second kappa shape index (κ2) is 8.68. The summed E-state index contributed by atoms with van der Waals surface area (Å²) < 4.78 is 53.5. The van der Waals surface area contributed by atoms with E-state index in [0.717, 1.165) is 43.4 Å². The SMILES string of the molecule is Fc1ccc(-c2cn3c(n2)CCC3)c(F)c1.O=C(CBr)c1ccc(F)cc1F. The summed E-state index contributed by atoms with van der Waals surface area (Å²) in [4.78, 5) is 15.3. The molecule has 0 unspecified atom stereocenters. The molecule has 0 saturated carbocycles. The van der Waals surface area contributed by atoms with Crippen LogP contribution in [0.5, 0.6) is 0 Å². The van der Waals surface area contributed by atoms with Gasteiger partial charge in [-0.2, -0.15) is 0 Å². The van der Waals surface area contributed by atoms with E-state index in [1.807, 2.05) is 10.8 Å². The van der Waals surface area contributed by atoms with Gasteiger partial charge < -0.3 is 4.57 Å². The summed E-state index contributed by atoms with van der Waals surface area (Å²) in [5.74, 6) is -2.03. The Hall–Kier alpha value is -2.48. The van der Waals surface area contributed by atoms with Crippen LogP contribution in [0.15, 0.2) is 42.6 Å². The lowest BCUT2D eigenvalue weighted by Crippen LogP contribution is -2.03. The van der Waals surface area contributed by atoms with E-state index < -0.39 is 29.1 Å². The number of aryl methyl sites for hydroxylation is 2. The smallest absolute Gasteiger partial charge is 0.176 e. The molecule has 0 saturated heterocycles. The van der Waals surface area contributed by atoms with Gasteiger partial charge in [0.15, 0.2) is 5.78 Å². The number of alkyl halides is 1. The highest BCUT2D eigenvalue weighted by Gasteiger charge is 2.16. The molecule has 8 heteroatoms. The van der Waals surface area contributed by atoms with Crippen molar-refractivity contribution in [3.63, 3.8) is 0 Å². The number of hydrogen-bond donors (Lipinski definition) is 0. The van der Waals surface area contributed by atoms with E-state index in [9.17, 15) is 22.4 Å². The number of aromatic nitrogens is 2. The van der Waals surface area contributed by atoms with Gasteiger partial charge in [0.1, 0.15) is 29.1 Å². The van der Waals surface area contributed by atoms with Crippen molar-refractivity contribution < 1.29 is 22.4 Å². The molecule has 2 heterocycles. The average molecular weight is 455 g/mol. The third-order valence-electron chi connectivity index (χ3n) is 4.22. The van der Waals surface area contributed by atoms with Crippen LogP contribution in [0.2, 0.25) is 0 Å². The number of hydrogen-bond acceptors (Lipinski definition) is 2. The average Bonchev–Trinajstić information content (AvgIpc) is 3.23. The molecular formula is C20H15BrF4N2O. The van der Waals surface area contributed by atoms with Crippen molar-refractivity contribution in [2.75, 3.05) is 5.33 Å². The minimum Gasteiger partial charge on any atom is -0.334 e. The molecule has 3 nitrogen and oxygen atoms in total. The van der Waals surface area contributed by atoms with Gasteiger partial charge in [-0.3, -0.25) is 4.79 Å². The summed E-state index contributed by atoms with van der Waals surface area (Å²) >= 11 is 2.89. The molecule has 0 fully saturated rings. The van der Waals surface area contributed by atoms with Crippen LogP contribution < -0.4 is 0 Å². The van der Waals surface area contributed by atoms with Gasteiger partial charge in [0.25, 0.3) is 0 Å². The standard InChI is InChI=1S/C12H10F2N2.C8H5BrF2O/c13-8-3-4-9(10(14)6-8)11-7-16-5-1-2-12(16)15-11;9-4-8(12)6-2-1-5(10)3-7(6)11/h3-4,6-7H,1-2,5H2;1-3H,4H2. The number of fused-ring (bicyclic) bond motifs is 1. The van der Waals surface area contributed by atoms with Crippen LogP contribution in [0.25, 0.3) is 11.3 Å². The zero-order chi connectivity index (χ0) is 20.3. The molecule has 1 aliphatic heterocycles. The molecule has 0 atom stereocenters. The number of rotatable bonds is 3. The molecule has 3 aromatic rings. The summed E-state index contributed by atoms with van der Waals surface area (Å²) in [6.07, 6.45) is 3.86. The first-order valence-corrected chi connectivity index (χ1v) is 9.57. The zero-order valence-electron chi connectivity index (χ0n) is 14.6. The first kappa shape index (κ1) is 20.3. The second-order valence-corrected chi connectivity index (χ2v) is 6.71. The van der Waals surface area contributed by atoms with Gasteiger partial charge in [-0.1, -0.05) is 15.9 Å². The predicted octanol–water partition coefficient (Wildman–Crippen LogP) is 5.32. The maximum absolute atomic E-state index is 13.5. The van der Waals surface area contributed by atoms with Crippen LogP contribution in [-0.2, 0) is 13.0 Å². The summed E-state index contributed by atoms with van der Waals surface area (Å²) in [6.45, 7) is 0.936. The second-order valence-electron chi connectivity index (χ2n) is 6.14. The molecule has 0 bridgehead atoms. The van der Waals surface area contributed by atoms with E-state index in [0.29, 0.717) is 17.3 Å². The Morgan fingerprint density at radius 1 is 1.04 bits per heavy atom. The zero-order valence-corrected chi connectivity index (χ0v) is 16.1. The van der Waals surface area contributed by atoms with Gasteiger partial charge in [0, 0.05) is 36.9 Å². The number of imidazole rings is 1. The van der Waals surface area contributed by atoms with E-state index in [1.165, 1.54) is 12.1 Å². The predicted molar refractivity (Wildman–Crippen MR) is 100 cm³/mol. The number of benzene rings is 2. The van der Waals surface area contributed by atoms with Crippen molar-refractivity contribution in [2.45, 2.75) is 19.4 Å². The molecule has 0 N–H and O–H groups in total. The summed E-state index contributed by atoms with van der Waals surface area (Å²) in [5, 5.41) is 0.0373. The Bertz CT molecular complexity index is 998. The Kier molecular flexibility index (Phi) is 6.28. The molecular weight excluding hydrogens is 440 g/mol. The number of nitrogens with zero attached hydrogens (tertiary/aromatic N) is 2. The van der Waals surface area contributed by atoms with Gasteiger partial charge in [-0.15, -0.1) is 0 Å². The van der Waals surface area contributed by atoms with E-state index in [2.05, 4.69) is 20.9 Å². The molecule has 0 amide bonds. The van der Waals surface area contributed by atoms with Gasteiger partial charge in [-0.05, 0) is 30.7 Å². The first-order chi connectivity index (χ1) is 13.4. The van der Waals surface area contributed by atoms with Crippen LogP contribution in [-0.4, -0.2) is 20.7 Å². The van der Waals surface area contributed by atoms with Crippen molar-refractivity contribution >= 4 is 21.7 Å². The summed E-state index contributed by atoms with van der Waals surface area (Å²) in [6, 6.07) is 6.45. The quantitative estimate of drug-likeness (QED) is 0.305. The first-order valence-electron chi connectivity index (χ1n) is 8.44. The Labute approximate surface area is 167 Å². The van der Waals surface area contributed by atoms with E-state index in [1.54, 1.807) is 0 Å². The monoisotopic (exact) mass is 454 g/mol. The van der Waals surface area contributed by atoms with Crippen LogP contribution >= 0.6 is 15.9 Å². The van der Waals surface area contributed by atoms with E-state index in [-0.39, 0.29) is 10.9 Å².